The molecule has 34 heavy (non-hydrogen) atoms. The van der Waals surface area contributed by atoms with Gasteiger partial charge in [-0.3, -0.25) is 4.79 Å². The summed E-state index contributed by atoms with van der Waals surface area (Å²) in [7, 11) is 1.55. The van der Waals surface area contributed by atoms with E-state index in [1.165, 1.54) is 4.68 Å². The molecule has 2 heterocycles. The summed E-state index contributed by atoms with van der Waals surface area (Å²) in [5.74, 6) is -0.171. The van der Waals surface area contributed by atoms with Crippen LogP contribution in [-0.4, -0.2) is 28.9 Å². The number of nitriles is 1. The van der Waals surface area contributed by atoms with E-state index in [4.69, 9.17) is 14.2 Å². The van der Waals surface area contributed by atoms with Gasteiger partial charge in [-0.05, 0) is 59.0 Å². The van der Waals surface area contributed by atoms with Crippen molar-refractivity contribution in [1.29, 1.82) is 5.26 Å². The summed E-state index contributed by atoms with van der Waals surface area (Å²) in [5, 5.41) is 26.2. The topological polar surface area (TPSA) is 116 Å². The molecule has 1 aliphatic rings. The summed E-state index contributed by atoms with van der Waals surface area (Å²) in [6, 6.07) is 10.9. The summed E-state index contributed by atoms with van der Waals surface area (Å²) < 4.78 is 11.1. The Bertz CT molecular complexity index is 1260. The first-order chi connectivity index (χ1) is 16.2. The van der Waals surface area contributed by atoms with E-state index >= 15 is 0 Å². The van der Waals surface area contributed by atoms with Gasteiger partial charge >= 0.3 is 5.69 Å². The first-order valence-corrected chi connectivity index (χ1v) is 12.0. The Morgan fingerprint density at radius 2 is 2.09 bits per heavy atom. The smallest absolute Gasteiger partial charge is 0.307 e. The number of ketones is 1. The number of carbonyl (C=O) groups excluding carboxylic acids is 1. The van der Waals surface area contributed by atoms with Gasteiger partial charge in [-0.15, -0.1) is 0 Å². The Morgan fingerprint density at radius 3 is 2.74 bits per heavy atom. The lowest BCUT2D eigenvalue weighted by Crippen LogP contribution is -2.39. The van der Waals surface area contributed by atoms with Crippen molar-refractivity contribution in [3.63, 3.8) is 0 Å². The van der Waals surface area contributed by atoms with Crippen LogP contribution < -0.4 is 14.5 Å². The predicted octanol–water partition coefficient (Wildman–Crippen LogP) is 3.43. The van der Waals surface area contributed by atoms with Crippen molar-refractivity contribution in [2.75, 3.05) is 12.9 Å². The van der Waals surface area contributed by atoms with Crippen LogP contribution in [0.25, 0.3) is 5.69 Å². The van der Waals surface area contributed by atoms with Crippen molar-refractivity contribution in [2.24, 2.45) is 11.3 Å². The fourth-order valence-electron chi connectivity index (χ4n) is 4.16. The Morgan fingerprint density at radius 1 is 1.35 bits per heavy atom. The quantitative estimate of drug-likeness (QED) is 0.301. The van der Waals surface area contributed by atoms with Crippen molar-refractivity contribution in [2.45, 2.75) is 45.1 Å². The molecular formula is C25H26N4O4S. The van der Waals surface area contributed by atoms with E-state index in [1.807, 2.05) is 6.07 Å². The lowest BCUT2D eigenvalue weighted by atomic mass is 9.71. The number of pyridine rings is 1. The normalized spacial score (nSPS) is 15.4. The summed E-state index contributed by atoms with van der Waals surface area (Å²) in [6.45, 7) is 6.72. The zero-order valence-corrected chi connectivity index (χ0v) is 20.4. The summed E-state index contributed by atoms with van der Waals surface area (Å²) in [4.78, 5) is 17.7. The molecule has 0 N–H and O–H groups in total. The zero-order chi connectivity index (χ0) is 24.5. The molecule has 3 aromatic rings. The largest absolute Gasteiger partial charge is 0.539 e. The minimum Gasteiger partial charge on any atom is -0.539 e. The van der Waals surface area contributed by atoms with E-state index in [1.54, 1.807) is 31.4 Å². The van der Waals surface area contributed by atoms with Gasteiger partial charge in [0, 0.05) is 17.8 Å². The van der Waals surface area contributed by atoms with Gasteiger partial charge in [0.1, 0.15) is 16.8 Å². The number of nitrogens with zero attached hydrogens (tertiary/aromatic N) is 4. The molecule has 0 aliphatic heterocycles. The molecule has 1 atom stereocenters. The molecule has 0 saturated carbocycles. The minimum atomic E-state index is -0.812. The third-order valence-corrected chi connectivity index (χ3v) is 7.22. The minimum absolute atomic E-state index is 0.0717. The number of aryl methyl sites for hydroxylation is 1. The highest BCUT2D eigenvalue weighted by molar-refractivity contribution is 8.00. The lowest BCUT2D eigenvalue weighted by molar-refractivity contribution is -0.672. The van der Waals surface area contributed by atoms with E-state index in [2.05, 4.69) is 32.1 Å². The summed E-state index contributed by atoms with van der Waals surface area (Å²) in [6.07, 6.45) is 2.78. The summed E-state index contributed by atoms with van der Waals surface area (Å²) >= 11 is 1.15. The highest BCUT2D eigenvalue weighted by Crippen LogP contribution is 2.38. The third kappa shape index (κ3) is 4.77. The number of carbonyl (C=O) groups is 1. The molecule has 9 heteroatoms. The molecular weight excluding hydrogens is 452 g/mol. The van der Waals surface area contributed by atoms with E-state index in [0.717, 1.165) is 42.3 Å². The van der Waals surface area contributed by atoms with Crippen LogP contribution in [0.15, 0.2) is 39.9 Å². The van der Waals surface area contributed by atoms with Gasteiger partial charge in [0.25, 0.3) is 0 Å². The molecule has 1 unspecified atom stereocenters. The molecule has 0 fully saturated rings. The number of fused-ring (bicyclic) bond motifs is 1. The Balaban J connectivity index is 1.54. The number of Topliss-reactive ketones (excluding diaryl/α,β-unsaturated/α-hetero) is 1. The number of rotatable bonds is 6. The molecule has 1 aromatic carbocycles. The van der Waals surface area contributed by atoms with Gasteiger partial charge in [-0.1, -0.05) is 32.5 Å². The number of methoxy groups -OCH3 is 1. The second kappa shape index (κ2) is 9.47. The van der Waals surface area contributed by atoms with Gasteiger partial charge in [-0.2, -0.15) is 5.26 Å². The van der Waals surface area contributed by atoms with Gasteiger partial charge in [0.05, 0.1) is 23.7 Å². The van der Waals surface area contributed by atoms with Crippen LogP contribution in [0.5, 0.6) is 11.7 Å². The first kappa shape index (κ1) is 23.8. The molecule has 0 amide bonds. The Hall–Kier alpha value is -3.38. The van der Waals surface area contributed by atoms with Crippen molar-refractivity contribution in [1.82, 2.24) is 10.3 Å². The van der Waals surface area contributed by atoms with Crippen molar-refractivity contribution >= 4 is 17.5 Å². The van der Waals surface area contributed by atoms with Crippen LogP contribution in [0.2, 0.25) is 0 Å². The van der Waals surface area contributed by atoms with E-state index in [0.29, 0.717) is 27.9 Å². The summed E-state index contributed by atoms with van der Waals surface area (Å²) in [5.41, 5.74) is 3.05. The third-order valence-electron chi connectivity index (χ3n) is 6.23. The molecule has 176 valence electrons. The Kier molecular flexibility index (Phi) is 6.62. The maximum absolute atomic E-state index is 13.0. The number of aromatic nitrogens is 3. The van der Waals surface area contributed by atoms with E-state index in [9.17, 15) is 15.2 Å². The van der Waals surface area contributed by atoms with Gasteiger partial charge < -0.3 is 14.4 Å². The average Bonchev–Trinajstić information content (AvgIpc) is 3.22. The molecule has 0 radical (unpaired) electrons. The fraction of sp³-hybridized carbons (Fsp3) is 0.400. The van der Waals surface area contributed by atoms with Gasteiger partial charge in [0.15, 0.2) is 5.95 Å². The SMILES string of the molecule is COc1ccc(-[n+]2noc([O-])c2C(=O)CSc2nc3c(cc2C#N)CC(C(C)(C)C)CC3)cc1. The standard InChI is InChI=1S/C25H26N4O4S/c1-25(2,3)17-5-10-20-15(12-17)11-16(13-26)23(27-20)34-14-21(30)22-24(31)33-28-29(22)18-6-8-19(32-4)9-7-18/h6-9,11,17H,5,10,12,14H2,1-4H3. The van der Waals surface area contributed by atoms with Crippen LogP contribution in [0.4, 0.5) is 0 Å². The fourth-order valence-corrected chi connectivity index (χ4v) is 5.00. The van der Waals surface area contributed by atoms with Crippen molar-refractivity contribution < 1.29 is 23.8 Å². The van der Waals surface area contributed by atoms with E-state index < -0.39 is 11.7 Å². The van der Waals surface area contributed by atoms with Gasteiger partial charge in [-0.25, -0.2) is 4.98 Å². The maximum Gasteiger partial charge on any atom is 0.307 e. The molecule has 0 bridgehead atoms. The van der Waals surface area contributed by atoms with Gasteiger partial charge in [0.2, 0.25) is 11.5 Å². The van der Waals surface area contributed by atoms with Crippen LogP contribution in [0.3, 0.4) is 0 Å². The number of ether oxygens (including phenoxy) is 1. The van der Waals surface area contributed by atoms with Crippen LogP contribution in [0.1, 0.15) is 54.5 Å². The monoisotopic (exact) mass is 478 g/mol. The van der Waals surface area contributed by atoms with Crippen LogP contribution >= 0.6 is 11.8 Å². The van der Waals surface area contributed by atoms with Crippen molar-refractivity contribution in [3.8, 4) is 23.5 Å². The maximum atomic E-state index is 13.0. The highest BCUT2D eigenvalue weighted by atomic mass is 32.2. The lowest BCUT2D eigenvalue weighted by Gasteiger charge is -2.34. The number of hydrogen-bond donors (Lipinski definition) is 0. The molecule has 2 aromatic heterocycles. The highest BCUT2D eigenvalue weighted by Gasteiger charge is 2.31. The molecule has 1 aliphatic carbocycles. The molecule has 4 rings (SSSR count). The zero-order valence-electron chi connectivity index (χ0n) is 19.6. The van der Waals surface area contributed by atoms with E-state index in [-0.39, 0.29) is 16.9 Å². The first-order valence-electron chi connectivity index (χ1n) is 11.0. The second-order valence-corrected chi connectivity index (χ2v) is 10.4. The molecule has 0 saturated heterocycles. The molecule has 8 nitrogen and oxygen atoms in total. The molecule has 0 spiro atoms. The van der Waals surface area contributed by atoms with Crippen LogP contribution in [0, 0.1) is 22.7 Å². The number of thioether (sulfide) groups is 1. The van der Waals surface area contributed by atoms with Crippen LogP contribution in [-0.2, 0) is 12.8 Å². The number of benzene rings is 1. The Labute approximate surface area is 202 Å². The second-order valence-electron chi connectivity index (χ2n) is 9.40. The average molecular weight is 479 g/mol. The predicted molar refractivity (Wildman–Crippen MR) is 123 cm³/mol. The van der Waals surface area contributed by atoms with Crippen molar-refractivity contribution in [3.05, 3.63) is 52.8 Å². The number of hydrogen-bond acceptors (Lipinski definition) is 8.